The van der Waals surface area contributed by atoms with Crippen LogP contribution in [0, 0.1) is 0 Å². The summed E-state index contributed by atoms with van der Waals surface area (Å²) in [4.78, 5) is 22.2. The molecular weight excluding hydrogens is 332 g/mol. The van der Waals surface area contributed by atoms with E-state index in [4.69, 9.17) is 13.9 Å². The molecule has 4 heterocycles. The van der Waals surface area contributed by atoms with Crippen molar-refractivity contribution in [3.05, 3.63) is 35.9 Å². The number of carbonyl (C=O) groups excluding carboxylic acids is 2. The molecule has 0 amide bonds. The molecule has 0 atom stereocenters. The van der Waals surface area contributed by atoms with Crippen LogP contribution in [0.25, 0.3) is 11.1 Å². The molecule has 3 aromatic rings. The second-order valence-electron chi connectivity index (χ2n) is 4.71. The average Bonchev–Trinajstić information content (AvgIpc) is 3.17. The molecular formula is C15H12N4O6. The highest BCUT2D eigenvalue weighted by Gasteiger charge is 2.22. The number of fused-ring (bicyclic) bond motifs is 2. The fourth-order valence-corrected chi connectivity index (χ4v) is 2.03. The Kier molecular flexibility index (Phi) is 4.50. The fraction of sp³-hybridized carbons (Fsp3) is 0.200. The monoisotopic (exact) mass is 344 g/mol. The molecule has 0 unspecified atom stereocenters. The van der Waals surface area contributed by atoms with Gasteiger partial charge in [-0.3, -0.25) is 4.79 Å². The summed E-state index contributed by atoms with van der Waals surface area (Å²) in [7, 11) is 0. The van der Waals surface area contributed by atoms with Gasteiger partial charge in [0.05, 0.1) is 30.0 Å². The minimum atomic E-state index is -0.715. The Morgan fingerprint density at radius 1 is 1.28 bits per heavy atom. The summed E-state index contributed by atoms with van der Waals surface area (Å²) < 4.78 is 14.6. The first-order valence-electron chi connectivity index (χ1n) is 7.19. The van der Waals surface area contributed by atoms with E-state index >= 15 is 0 Å². The molecule has 25 heavy (non-hydrogen) atoms. The van der Waals surface area contributed by atoms with Gasteiger partial charge in [0.25, 0.3) is 11.5 Å². The Morgan fingerprint density at radius 2 is 2.04 bits per heavy atom. The molecule has 0 fully saturated rings. The zero-order chi connectivity index (χ0) is 17.8. The van der Waals surface area contributed by atoms with Crippen molar-refractivity contribution in [1.82, 2.24) is 20.4 Å². The molecule has 3 aromatic heterocycles. The summed E-state index contributed by atoms with van der Waals surface area (Å²) in [5.74, 6) is -0.892. The fourth-order valence-electron chi connectivity index (χ4n) is 2.03. The molecule has 128 valence electrons. The lowest BCUT2D eigenvalue weighted by molar-refractivity contribution is 0.0487. The third-order valence-electron chi connectivity index (χ3n) is 3.14. The SMILES string of the molecule is CCOC(=O)c1oc2nnccc2c1O.O=C1COc2nnccc21. The van der Waals surface area contributed by atoms with E-state index in [-0.39, 0.29) is 36.2 Å². The Hall–Kier alpha value is -3.56. The van der Waals surface area contributed by atoms with E-state index in [1.54, 1.807) is 13.0 Å². The minimum Gasteiger partial charge on any atom is -0.503 e. The lowest BCUT2D eigenvalue weighted by atomic mass is 10.2. The number of nitrogens with zero attached hydrogens (tertiary/aromatic N) is 4. The van der Waals surface area contributed by atoms with Crippen molar-refractivity contribution in [2.45, 2.75) is 6.92 Å². The second-order valence-corrected chi connectivity index (χ2v) is 4.71. The van der Waals surface area contributed by atoms with Crippen molar-refractivity contribution in [3.63, 3.8) is 0 Å². The molecule has 10 nitrogen and oxygen atoms in total. The molecule has 1 N–H and O–H groups in total. The lowest BCUT2D eigenvalue weighted by Gasteiger charge is -1.96. The Bertz CT molecular complexity index is 939. The Balaban J connectivity index is 0.000000157. The van der Waals surface area contributed by atoms with Crippen molar-refractivity contribution >= 4 is 22.9 Å². The van der Waals surface area contributed by atoms with Crippen LogP contribution in [0.2, 0.25) is 0 Å². The number of Topliss-reactive ketones (excluding diaryl/α,β-unsaturated/α-hetero) is 1. The van der Waals surface area contributed by atoms with E-state index in [1.165, 1.54) is 18.5 Å². The molecule has 0 aromatic carbocycles. The first-order chi connectivity index (χ1) is 12.1. The molecule has 0 radical (unpaired) electrons. The van der Waals surface area contributed by atoms with Crippen molar-refractivity contribution in [3.8, 4) is 11.6 Å². The van der Waals surface area contributed by atoms with Gasteiger partial charge in [-0.15, -0.1) is 10.2 Å². The van der Waals surface area contributed by atoms with Crippen molar-refractivity contribution < 1.29 is 28.6 Å². The van der Waals surface area contributed by atoms with Crippen LogP contribution in [0.15, 0.2) is 28.9 Å². The minimum absolute atomic E-state index is 0.0232. The van der Waals surface area contributed by atoms with Gasteiger partial charge in [0.15, 0.2) is 12.4 Å². The van der Waals surface area contributed by atoms with E-state index in [2.05, 4.69) is 20.4 Å². The van der Waals surface area contributed by atoms with Gasteiger partial charge in [-0.2, -0.15) is 10.2 Å². The summed E-state index contributed by atoms with van der Waals surface area (Å²) in [6.07, 6.45) is 2.87. The summed E-state index contributed by atoms with van der Waals surface area (Å²) >= 11 is 0. The van der Waals surface area contributed by atoms with E-state index in [0.717, 1.165) is 0 Å². The predicted octanol–water partition coefficient (Wildman–Crippen LogP) is 1.16. The molecule has 0 saturated heterocycles. The second kappa shape index (κ2) is 6.91. The van der Waals surface area contributed by atoms with E-state index in [9.17, 15) is 14.7 Å². The molecule has 1 aliphatic rings. The largest absolute Gasteiger partial charge is 0.503 e. The van der Waals surface area contributed by atoms with Gasteiger partial charge >= 0.3 is 5.97 Å². The smallest absolute Gasteiger partial charge is 0.378 e. The van der Waals surface area contributed by atoms with Gasteiger partial charge in [-0.25, -0.2) is 4.79 Å². The number of ether oxygens (including phenoxy) is 2. The van der Waals surface area contributed by atoms with Crippen LogP contribution in [0.1, 0.15) is 27.8 Å². The van der Waals surface area contributed by atoms with Crippen LogP contribution < -0.4 is 4.74 Å². The van der Waals surface area contributed by atoms with Crippen molar-refractivity contribution in [1.29, 1.82) is 0 Å². The number of rotatable bonds is 2. The zero-order valence-electron chi connectivity index (χ0n) is 13.0. The van der Waals surface area contributed by atoms with Gasteiger partial charge in [0, 0.05) is 0 Å². The number of hydrogen-bond donors (Lipinski definition) is 1. The number of hydrogen-bond acceptors (Lipinski definition) is 10. The van der Waals surface area contributed by atoms with Crippen LogP contribution in [0.5, 0.6) is 11.6 Å². The third kappa shape index (κ3) is 3.22. The summed E-state index contributed by atoms with van der Waals surface area (Å²) in [6, 6.07) is 3.11. The van der Waals surface area contributed by atoms with E-state index in [1.807, 2.05) is 0 Å². The standard InChI is InChI=1S/C9H8N2O4.C6H4N2O2/c1-2-14-9(13)7-6(12)5-3-4-10-11-8(5)15-7;9-5-3-10-6-4(5)1-2-7-8-6/h3-4,12H,2H2,1H3;1-2H,3H2. The third-order valence-corrected chi connectivity index (χ3v) is 3.14. The maximum atomic E-state index is 11.3. The van der Waals surface area contributed by atoms with Gasteiger partial charge in [0.1, 0.15) is 0 Å². The molecule has 0 bridgehead atoms. The maximum Gasteiger partial charge on any atom is 0.378 e. The summed E-state index contributed by atoms with van der Waals surface area (Å²) in [5, 5.41) is 24.3. The molecule has 4 rings (SSSR count). The number of esters is 1. The van der Waals surface area contributed by atoms with Crippen LogP contribution >= 0.6 is 0 Å². The first kappa shape index (κ1) is 16.3. The number of furan rings is 1. The van der Waals surface area contributed by atoms with Crippen LogP contribution in [-0.4, -0.2) is 50.5 Å². The molecule has 10 heteroatoms. The summed E-state index contributed by atoms with van der Waals surface area (Å²) in [6.45, 7) is 1.98. The predicted molar refractivity (Wildman–Crippen MR) is 81.3 cm³/mol. The highest BCUT2D eigenvalue weighted by molar-refractivity contribution is 6.01. The molecule has 0 spiro atoms. The van der Waals surface area contributed by atoms with Crippen molar-refractivity contribution in [2.24, 2.45) is 0 Å². The average molecular weight is 344 g/mol. The molecule has 0 saturated carbocycles. The lowest BCUT2D eigenvalue weighted by Crippen LogP contribution is -2.02. The maximum absolute atomic E-state index is 11.3. The Morgan fingerprint density at radius 3 is 2.76 bits per heavy atom. The quantitative estimate of drug-likeness (QED) is 0.674. The van der Waals surface area contributed by atoms with Gasteiger partial charge in [-0.1, -0.05) is 0 Å². The normalized spacial score (nSPS) is 12.1. The number of aromatic nitrogens is 4. The van der Waals surface area contributed by atoms with Gasteiger partial charge in [0.2, 0.25) is 11.7 Å². The van der Waals surface area contributed by atoms with E-state index < -0.39 is 5.97 Å². The Labute approximate surface area is 140 Å². The van der Waals surface area contributed by atoms with E-state index in [0.29, 0.717) is 16.8 Å². The number of carbonyl (C=O) groups is 2. The summed E-state index contributed by atoms with van der Waals surface area (Å²) in [5.41, 5.74) is 0.646. The number of aromatic hydroxyl groups is 1. The molecule has 1 aliphatic heterocycles. The van der Waals surface area contributed by atoms with Crippen LogP contribution in [0.3, 0.4) is 0 Å². The topological polar surface area (TPSA) is 138 Å². The highest BCUT2D eigenvalue weighted by Crippen LogP contribution is 2.30. The molecule has 0 aliphatic carbocycles. The van der Waals surface area contributed by atoms with Crippen molar-refractivity contribution in [2.75, 3.05) is 13.2 Å². The van der Waals surface area contributed by atoms with Crippen LogP contribution in [-0.2, 0) is 4.74 Å². The highest BCUT2D eigenvalue weighted by atomic mass is 16.5. The van der Waals surface area contributed by atoms with Gasteiger partial charge < -0.3 is 19.0 Å². The van der Waals surface area contributed by atoms with Crippen LogP contribution in [0.4, 0.5) is 0 Å². The zero-order valence-corrected chi connectivity index (χ0v) is 13.0. The number of ketones is 1. The first-order valence-corrected chi connectivity index (χ1v) is 7.19. The van der Waals surface area contributed by atoms with Gasteiger partial charge in [-0.05, 0) is 19.1 Å².